The lowest BCUT2D eigenvalue weighted by Crippen LogP contribution is -2.17. The van der Waals surface area contributed by atoms with Crippen molar-refractivity contribution in [3.63, 3.8) is 0 Å². The van der Waals surface area contributed by atoms with Crippen molar-refractivity contribution in [1.82, 2.24) is 4.57 Å². The van der Waals surface area contributed by atoms with Crippen LogP contribution in [-0.4, -0.2) is 9.67 Å². The summed E-state index contributed by atoms with van der Waals surface area (Å²) < 4.78 is 1.57. The van der Waals surface area contributed by atoms with Crippen LogP contribution in [0.15, 0.2) is 65.6 Å². The Balaban J connectivity index is 2.35. The van der Waals surface area contributed by atoms with Gasteiger partial charge in [0.15, 0.2) is 0 Å². The molecule has 1 N–H and O–H groups in total. The molecule has 0 aliphatic carbocycles. The highest BCUT2D eigenvalue weighted by molar-refractivity contribution is 5.87. The summed E-state index contributed by atoms with van der Waals surface area (Å²) in [5.41, 5.74) is 0.683. The maximum absolute atomic E-state index is 12.3. The fourth-order valence-corrected chi connectivity index (χ4v) is 2.05. The monoisotopic (exact) mass is 237 g/mol. The van der Waals surface area contributed by atoms with E-state index in [0.29, 0.717) is 10.8 Å². The van der Waals surface area contributed by atoms with E-state index in [2.05, 4.69) is 0 Å². The van der Waals surface area contributed by atoms with Crippen LogP contribution in [0.2, 0.25) is 0 Å². The molecule has 1 aromatic heterocycles. The summed E-state index contributed by atoms with van der Waals surface area (Å²) in [5, 5.41) is 10.8. The lowest BCUT2D eigenvalue weighted by Gasteiger charge is -2.07. The maximum Gasteiger partial charge on any atom is 0.263 e. The van der Waals surface area contributed by atoms with E-state index >= 15 is 0 Å². The molecule has 3 rings (SSSR count). The van der Waals surface area contributed by atoms with Crippen LogP contribution in [0.3, 0.4) is 0 Å². The molecule has 88 valence electrons. The Hall–Kier alpha value is -2.55. The molecule has 1 heterocycles. The molecule has 0 saturated carbocycles. The van der Waals surface area contributed by atoms with Crippen LogP contribution in [-0.2, 0) is 0 Å². The zero-order chi connectivity index (χ0) is 12.5. The van der Waals surface area contributed by atoms with Gasteiger partial charge in [0.25, 0.3) is 5.56 Å². The van der Waals surface area contributed by atoms with E-state index in [1.165, 1.54) is 0 Å². The van der Waals surface area contributed by atoms with E-state index in [9.17, 15) is 9.90 Å². The van der Waals surface area contributed by atoms with Crippen LogP contribution < -0.4 is 5.56 Å². The van der Waals surface area contributed by atoms with Crippen LogP contribution in [0, 0.1) is 0 Å². The normalized spacial score (nSPS) is 10.7. The first-order valence-corrected chi connectivity index (χ1v) is 5.66. The summed E-state index contributed by atoms with van der Waals surface area (Å²) in [5.74, 6) is 0.129. The fraction of sp³-hybridized carbons (Fsp3) is 0. The topological polar surface area (TPSA) is 42.2 Å². The van der Waals surface area contributed by atoms with Gasteiger partial charge in [-0.25, -0.2) is 0 Å². The molecule has 0 spiro atoms. The van der Waals surface area contributed by atoms with Gasteiger partial charge < -0.3 is 5.11 Å². The number of hydrogen-bond acceptors (Lipinski definition) is 2. The van der Waals surface area contributed by atoms with Gasteiger partial charge in [-0.15, -0.1) is 0 Å². The van der Waals surface area contributed by atoms with Gasteiger partial charge in [0.05, 0.1) is 5.39 Å². The maximum atomic E-state index is 12.3. The van der Waals surface area contributed by atoms with Crippen molar-refractivity contribution in [2.24, 2.45) is 0 Å². The van der Waals surface area contributed by atoms with Gasteiger partial charge in [-0.2, -0.15) is 0 Å². The largest absolute Gasteiger partial charge is 0.507 e. The van der Waals surface area contributed by atoms with E-state index < -0.39 is 0 Å². The highest BCUT2D eigenvalue weighted by Crippen LogP contribution is 2.21. The Labute approximate surface area is 104 Å². The Bertz CT molecular complexity index is 760. The second-order valence-electron chi connectivity index (χ2n) is 4.06. The average molecular weight is 237 g/mol. The van der Waals surface area contributed by atoms with Crippen LogP contribution in [0.1, 0.15) is 0 Å². The molecule has 3 nitrogen and oxygen atoms in total. The van der Waals surface area contributed by atoms with Crippen LogP contribution in [0.4, 0.5) is 0 Å². The standard InChI is InChI=1S/C15H11NO2/c17-14-8-4-7-13-12(14)9-10-16(15(13)18)11-5-2-1-3-6-11/h1-10,17H. The summed E-state index contributed by atoms with van der Waals surface area (Å²) in [4.78, 5) is 12.3. The Kier molecular flexibility index (Phi) is 2.38. The molecule has 0 saturated heterocycles. The predicted molar refractivity (Wildman–Crippen MR) is 71.2 cm³/mol. The summed E-state index contributed by atoms with van der Waals surface area (Å²) in [7, 11) is 0. The van der Waals surface area contributed by atoms with Gasteiger partial charge in [-0.05, 0) is 30.3 Å². The molecule has 18 heavy (non-hydrogen) atoms. The summed E-state index contributed by atoms with van der Waals surface area (Å²) in [6, 6.07) is 16.1. The zero-order valence-electron chi connectivity index (χ0n) is 9.58. The number of phenolic OH excluding ortho intramolecular Hbond substituents is 1. The molecule has 0 aliphatic heterocycles. The van der Waals surface area contributed by atoms with Crippen molar-refractivity contribution in [3.05, 3.63) is 71.1 Å². The van der Waals surface area contributed by atoms with Crippen molar-refractivity contribution >= 4 is 10.8 Å². The van der Waals surface area contributed by atoms with Crippen molar-refractivity contribution in [3.8, 4) is 11.4 Å². The number of rotatable bonds is 1. The van der Waals surface area contributed by atoms with Crippen LogP contribution in [0.5, 0.6) is 5.75 Å². The van der Waals surface area contributed by atoms with Crippen molar-refractivity contribution in [2.75, 3.05) is 0 Å². The first kappa shape index (κ1) is 10.6. The minimum atomic E-state index is -0.130. The molecule has 0 atom stereocenters. The highest BCUT2D eigenvalue weighted by atomic mass is 16.3. The Morgan fingerprint density at radius 3 is 2.39 bits per heavy atom. The van der Waals surface area contributed by atoms with Gasteiger partial charge in [0.1, 0.15) is 5.75 Å². The van der Waals surface area contributed by atoms with Gasteiger partial charge in [0.2, 0.25) is 0 Å². The SMILES string of the molecule is O=c1c2cccc(O)c2ccn1-c1ccccc1. The molecule has 0 amide bonds. The number of pyridine rings is 1. The second kappa shape index (κ2) is 4.04. The zero-order valence-corrected chi connectivity index (χ0v) is 9.58. The smallest absolute Gasteiger partial charge is 0.263 e. The average Bonchev–Trinajstić information content (AvgIpc) is 2.41. The van der Waals surface area contributed by atoms with E-state index in [-0.39, 0.29) is 11.3 Å². The van der Waals surface area contributed by atoms with Crippen molar-refractivity contribution < 1.29 is 5.11 Å². The fourth-order valence-electron chi connectivity index (χ4n) is 2.05. The number of aromatic hydroxyl groups is 1. The minimum Gasteiger partial charge on any atom is -0.507 e. The molecule has 0 bridgehead atoms. The number of aromatic nitrogens is 1. The lowest BCUT2D eigenvalue weighted by atomic mass is 10.1. The van der Waals surface area contributed by atoms with Gasteiger partial charge >= 0.3 is 0 Å². The third-order valence-electron chi connectivity index (χ3n) is 2.96. The number of benzene rings is 2. The Morgan fingerprint density at radius 2 is 1.61 bits per heavy atom. The quantitative estimate of drug-likeness (QED) is 0.707. The molecule has 2 aromatic carbocycles. The van der Waals surface area contributed by atoms with Crippen LogP contribution >= 0.6 is 0 Å². The lowest BCUT2D eigenvalue weighted by molar-refractivity contribution is 0.481. The summed E-state index contributed by atoms with van der Waals surface area (Å²) >= 11 is 0. The minimum absolute atomic E-state index is 0.129. The first-order chi connectivity index (χ1) is 8.77. The molecule has 0 aliphatic rings. The number of fused-ring (bicyclic) bond motifs is 1. The van der Waals surface area contributed by atoms with E-state index in [1.807, 2.05) is 30.3 Å². The predicted octanol–water partition coefficient (Wildman–Crippen LogP) is 2.70. The van der Waals surface area contributed by atoms with Crippen molar-refractivity contribution in [2.45, 2.75) is 0 Å². The summed E-state index contributed by atoms with van der Waals surface area (Å²) in [6.45, 7) is 0. The third kappa shape index (κ3) is 1.57. The highest BCUT2D eigenvalue weighted by Gasteiger charge is 2.06. The molecule has 0 fully saturated rings. The molecule has 3 aromatic rings. The molecular weight excluding hydrogens is 226 g/mol. The second-order valence-corrected chi connectivity index (χ2v) is 4.06. The van der Waals surface area contributed by atoms with E-state index in [1.54, 1.807) is 35.0 Å². The molecular formula is C15H11NO2. The summed E-state index contributed by atoms with van der Waals surface area (Å²) in [6.07, 6.45) is 1.68. The molecule has 3 heteroatoms. The molecule has 0 radical (unpaired) electrons. The number of nitrogens with zero attached hydrogens (tertiary/aromatic N) is 1. The van der Waals surface area contributed by atoms with E-state index in [0.717, 1.165) is 5.69 Å². The first-order valence-electron chi connectivity index (χ1n) is 5.66. The van der Waals surface area contributed by atoms with Gasteiger partial charge in [0, 0.05) is 17.3 Å². The number of hydrogen-bond donors (Lipinski definition) is 1. The van der Waals surface area contributed by atoms with Crippen LogP contribution in [0.25, 0.3) is 16.5 Å². The van der Waals surface area contributed by atoms with Gasteiger partial charge in [-0.1, -0.05) is 24.3 Å². The molecule has 0 unspecified atom stereocenters. The number of para-hydroxylation sites is 1. The number of phenols is 1. The van der Waals surface area contributed by atoms with E-state index in [4.69, 9.17) is 0 Å². The van der Waals surface area contributed by atoms with Crippen molar-refractivity contribution in [1.29, 1.82) is 0 Å². The van der Waals surface area contributed by atoms with Gasteiger partial charge in [-0.3, -0.25) is 9.36 Å². The third-order valence-corrected chi connectivity index (χ3v) is 2.96. The Morgan fingerprint density at radius 1 is 0.833 bits per heavy atom.